The Balaban J connectivity index is 2.35. The molecule has 1 aromatic heterocycles. The summed E-state index contributed by atoms with van der Waals surface area (Å²) in [7, 11) is 3.58. The fourth-order valence-corrected chi connectivity index (χ4v) is 1.61. The number of anilines is 1. The molecule has 0 radical (unpaired) electrons. The minimum atomic E-state index is 0.366. The Morgan fingerprint density at radius 3 is 2.79 bits per heavy atom. The molecule has 4 nitrogen and oxygen atoms in total. The van der Waals surface area contributed by atoms with Gasteiger partial charge in [0.25, 0.3) is 0 Å². The van der Waals surface area contributed by atoms with Gasteiger partial charge in [-0.2, -0.15) is 0 Å². The summed E-state index contributed by atoms with van der Waals surface area (Å²) in [5.74, 6) is 1.33. The van der Waals surface area contributed by atoms with Crippen molar-refractivity contribution in [3.63, 3.8) is 0 Å². The number of halogens is 1. The number of methoxy groups -OCH3 is 1. The minimum Gasteiger partial charge on any atom is -0.490 e. The van der Waals surface area contributed by atoms with E-state index in [0.29, 0.717) is 16.9 Å². The van der Waals surface area contributed by atoms with Crippen LogP contribution in [0, 0.1) is 0 Å². The molecular weight excluding hydrogens is 202 g/mol. The monoisotopic (exact) mass is 213 g/mol. The Kier molecular flexibility index (Phi) is 2.46. The highest BCUT2D eigenvalue weighted by atomic mass is 35.5. The van der Waals surface area contributed by atoms with Crippen LogP contribution in [0.5, 0.6) is 5.75 Å². The second kappa shape index (κ2) is 3.61. The maximum Gasteiger partial charge on any atom is 0.199 e. The number of rotatable bonds is 3. The number of aromatic nitrogens is 2. The van der Waals surface area contributed by atoms with E-state index >= 15 is 0 Å². The molecule has 0 unspecified atom stereocenters. The SMILES string of the molecule is COc1c(Cl)ncnc1N(C)C1CC1. The summed E-state index contributed by atoms with van der Waals surface area (Å²) in [5.41, 5.74) is 0. The molecule has 0 aromatic carbocycles. The van der Waals surface area contributed by atoms with Gasteiger partial charge in [-0.15, -0.1) is 0 Å². The van der Waals surface area contributed by atoms with E-state index in [-0.39, 0.29) is 0 Å². The van der Waals surface area contributed by atoms with E-state index in [4.69, 9.17) is 16.3 Å². The van der Waals surface area contributed by atoms with Gasteiger partial charge in [-0.3, -0.25) is 0 Å². The number of ether oxygens (including phenoxy) is 1. The largest absolute Gasteiger partial charge is 0.490 e. The summed E-state index contributed by atoms with van der Waals surface area (Å²) in [6.07, 6.45) is 3.88. The average molecular weight is 214 g/mol. The summed E-state index contributed by atoms with van der Waals surface area (Å²) in [6.45, 7) is 0. The van der Waals surface area contributed by atoms with Gasteiger partial charge in [-0.05, 0) is 12.8 Å². The third kappa shape index (κ3) is 1.62. The predicted molar refractivity (Wildman–Crippen MR) is 55.0 cm³/mol. The number of hydrogen-bond acceptors (Lipinski definition) is 4. The molecule has 14 heavy (non-hydrogen) atoms. The molecule has 2 rings (SSSR count). The summed E-state index contributed by atoms with van der Waals surface area (Å²) < 4.78 is 5.18. The van der Waals surface area contributed by atoms with E-state index in [1.165, 1.54) is 19.2 Å². The van der Waals surface area contributed by atoms with Gasteiger partial charge in [0.2, 0.25) is 0 Å². The molecule has 0 aliphatic heterocycles. The van der Waals surface area contributed by atoms with Crippen LogP contribution < -0.4 is 9.64 Å². The Labute approximate surface area is 87.9 Å². The lowest BCUT2D eigenvalue weighted by atomic mass is 10.4. The molecule has 1 aromatic rings. The van der Waals surface area contributed by atoms with Gasteiger partial charge < -0.3 is 9.64 Å². The highest BCUT2D eigenvalue weighted by Crippen LogP contribution is 2.36. The Bertz CT molecular complexity index is 341. The highest BCUT2D eigenvalue weighted by Gasteiger charge is 2.29. The first-order valence-electron chi connectivity index (χ1n) is 4.51. The van der Waals surface area contributed by atoms with Crippen molar-refractivity contribution < 1.29 is 4.74 Å². The Hall–Kier alpha value is -1.03. The van der Waals surface area contributed by atoms with E-state index in [1.54, 1.807) is 7.11 Å². The van der Waals surface area contributed by atoms with E-state index in [9.17, 15) is 0 Å². The maximum absolute atomic E-state index is 5.90. The van der Waals surface area contributed by atoms with Crippen LogP contribution in [0.1, 0.15) is 12.8 Å². The molecule has 0 amide bonds. The summed E-state index contributed by atoms with van der Waals surface area (Å²) >= 11 is 5.90. The van der Waals surface area contributed by atoms with Gasteiger partial charge >= 0.3 is 0 Å². The first-order chi connectivity index (χ1) is 6.74. The molecule has 0 spiro atoms. The van der Waals surface area contributed by atoms with Gasteiger partial charge in [0.1, 0.15) is 6.33 Å². The lowest BCUT2D eigenvalue weighted by Gasteiger charge is -2.19. The number of nitrogens with zero attached hydrogens (tertiary/aromatic N) is 3. The Morgan fingerprint density at radius 1 is 1.50 bits per heavy atom. The molecule has 0 saturated heterocycles. The van der Waals surface area contributed by atoms with Gasteiger partial charge in [0.15, 0.2) is 16.7 Å². The third-order valence-electron chi connectivity index (χ3n) is 2.37. The van der Waals surface area contributed by atoms with Crippen molar-refractivity contribution in [3.05, 3.63) is 11.5 Å². The normalized spacial score (nSPS) is 15.4. The molecule has 1 heterocycles. The first-order valence-corrected chi connectivity index (χ1v) is 4.89. The van der Waals surface area contributed by atoms with Crippen LogP contribution in [0.2, 0.25) is 5.15 Å². The molecule has 1 aliphatic carbocycles. The van der Waals surface area contributed by atoms with Crippen LogP contribution in [0.15, 0.2) is 6.33 Å². The molecule has 0 N–H and O–H groups in total. The van der Waals surface area contributed by atoms with Gasteiger partial charge in [-0.25, -0.2) is 9.97 Å². The molecule has 1 saturated carbocycles. The van der Waals surface area contributed by atoms with E-state index in [1.807, 2.05) is 7.05 Å². The second-order valence-electron chi connectivity index (χ2n) is 3.36. The zero-order chi connectivity index (χ0) is 10.1. The average Bonchev–Trinajstić information content (AvgIpc) is 2.99. The molecule has 1 fully saturated rings. The van der Waals surface area contributed by atoms with Gasteiger partial charge in [0, 0.05) is 13.1 Å². The zero-order valence-corrected chi connectivity index (χ0v) is 8.95. The first kappa shape index (κ1) is 9.52. The van der Waals surface area contributed by atoms with Crippen LogP contribution in [-0.4, -0.2) is 30.2 Å². The molecule has 5 heteroatoms. The second-order valence-corrected chi connectivity index (χ2v) is 3.72. The molecular formula is C9H12ClN3O. The van der Waals surface area contributed by atoms with Crippen molar-refractivity contribution in [1.82, 2.24) is 9.97 Å². The standard InChI is InChI=1S/C9H12ClN3O/c1-13(6-3-4-6)9-7(14-2)8(10)11-5-12-9/h5-6H,3-4H2,1-2H3. The minimum absolute atomic E-state index is 0.366. The van der Waals surface area contributed by atoms with Crippen molar-refractivity contribution in [3.8, 4) is 5.75 Å². The van der Waals surface area contributed by atoms with Crippen LogP contribution in [0.25, 0.3) is 0 Å². The third-order valence-corrected chi connectivity index (χ3v) is 2.64. The highest BCUT2D eigenvalue weighted by molar-refractivity contribution is 6.31. The van der Waals surface area contributed by atoms with E-state index in [2.05, 4.69) is 14.9 Å². The van der Waals surface area contributed by atoms with Crippen molar-refractivity contribution in [1.29, 1.82) is 0 Å². The number of hydrogen-bond donors (Lipinski definition) is 0. The van der Waals surface area contributed by atoms with Crippen LogP contribution in [0.3, 0.4) is 0 Å². The molecule has 76 valence electrons. The summed E-state index contributed by atoms with van der Waals surface area (Å²) in [5, 5.41) is 0.366. The molecule has 1 aliphatic rings. The topological polar surface area (TPSA) is 38.3 Å². The van der Waals surface area contributed by atoms with Crippen molar-refractivity contribution in [2.24, 2.45) is 0 Å². The lowest BCUT2D eigenvalue weighted by Crippen LogP contribution is -2.21. The molecule has 0 bridgehead atoms. The summed E-state index contributed by atoms with van der Waals surface area (Å²) in [6, 6.07) is 0.579. The van der Waals surface area contributed by atoms with E-state index < -0.39 is 0 Å². The Morgan fingerprint density at radius 2 is 2.21 bits per heavy atom. The van der Waals surface area contributed by atoms with Crippen LogP contribution in [0.4, 0.5) is 5.82 Å². The zero-order valence-electron chi connectivity index (χ0n) is 8.20. The lowest BCUT2D eigenvalue weighted by molar-refractivity contribution is 0.411. The quantitative estimate of drug-likeness (QED) is 0.717. The van der Waals surface area contributed by atoms with Gasteiger partial charge in [-0.1, -0.05) is 11.6 Å². The fraction of sp³-hybridized carbons (Fsp3) is 0.556. The van der Waals surface area contributed by atoms with E-state index in [0.717, 1.165) is 5.82 Å². The predicted octanol–water partition coefficient (Wildman–Crippen LogP) is 1.74. The smallest absolute Gasteiger partial charge is 0.199 e. The summed E-state index contributed by atoms with van der Waals surface area (Å²) in [4.78, 5) is 10.1. The van der Waals surface area contributed by atoms with Crippen molar-refractivity contribution >= 4 is 17.4 Å². The molecule has 0 atom stereocenters. The van der Waals surface area contributed by atoms with Crippen LogP contribution >= 0.6 is 11.6 Å². The van der Waals surface area contributed by atoms with Crippen molar-refractivity contribution in [2.75, 3.05) is 19.1 Å². The van der Waals surface area contributed by atoms with Crippen LogP contribution in [-0.2, 0) is 0 Å². The fourth-order valence-electron chi connectivity index (χ4n) is 1.41. The maximum atomic E-state index is 5.90. The van der Waals surface area contributed by atoms with Gasteiger partial charge in [0.05, 0.1) is 7.11 Å². The van der Waals surface area contributed by atoms with Crippen molar-refractivity contribution in [2.45, 2.75) is 18.9 Å².